The van der Waals surface area contributed by atoms with E-state index in [1.165, 1.54) is 11.1 Å². The van der Waals surface area contributed by atoms with Gasteiger partial charge in [-0.25, -0.2) is 0 Å². The maximum atomic E-state index is 12.1. The summed E-state index contributed by atoms with van der Waals surface area (Å²) >= 11 is 3.49. The smallest absolute Gasteiger partial charge is 0.222 e. The molecule has 2 N–H and O–H groups in total. The number of carbonyl (C=O) groups is 1. The van der Waals surface area contributed by atoms with E-state index in [-0.39, 0.29) is 5.91 Å². The molecule has 2 rings (SSSR count). The molecule has 19 heavy (non-hydrogen) atoms. The van der Waals surface area contributed by atoms with Gasteiger partial charge in [-0.1, -0.05) is 28.1 Å². The van der Waals surface area contributed by atoms with Crippen molar-refractivity contribution in [1.82, 2.24) is 4.90 Å². The van der Waals surface area contributed by atoms with Crippen LogP contribution in [-0.2, 0) is 11.2 Å². The SMILES string of the molecule is Cc1cc(CCC(=O)N2CC[C@@H](CN)C2)ccc1Br. The highest BCUT2D eigenvalue weighted by molar-refractivity contribution is 9.10. The van der Waals surface area contributed by atoms with Gasteiger partial charge in [0.25, 0.3) is 0 Å². The summed E-state index contributed by atoms with van der Waals surface area (Å²) in [5.41, 5.74) is 8.09. The standard InChI is InChI=1S/C15H21BrN2O/c1-11-8-12(2-4-14(11)16)3-5-15(19)18-7-6-13(9-17)10-18/h2,4,8,13H,3,5-7,9-10,17H2,1H3/t13-/m0/s1. The third-order valence-corrected chi connectivity index (χ3v) is 4.71. The molecule has 1 fully saturated rings. The van der Waals surface area contributed by atoms with Gasteiger partial charge in [0.1, 0.15) is 0 Å². The van der Waals surface area contributed by atoms with Crippen molar-refractivity contribution in [1.29, 1.82) is 0 Å². The lowest BCUT2D eigenvalue weighted by Gasteiger charge is -2.16. The first-order valence-corrected chi connectivity index (χ1v) is 7.62. The zero-order valence-corrected chi connectivity index (χ0v) is 12.9. The molecule has 1 atom stereocenters. The van der Waals surface area contributed by atoms with E-state index in [0.29, 0.717) is 18.9 Å². The molecule has 0 bridgehead atoms. The molecule has 1 saturated heterocycles. The number of rotatable bonds is 4. The zero-order valence-electron chi connectivity index (χ0n) is 11.4. The van der Waals surface area contributed by atoms with E-state index in [4.69, 9.17) is 5.73 Å². The van der Waals surface area contributed by atoms with Gasteiger partial charge >= 0.3 is 0 Å². The Hall–Kier alpha value is -0.870. The number of aryl methyl sites for hydroxylation is 2. The van der Waals surface area contributed by atoms with Gasteiger partial charge in [0.2, 0.25) is 5.91 Å². The highest BCUT2D eigenvalue weighted by atomic mass is 79.9. The topological polar surface area (TPSA) is 46.3 Å². The molecule has 0 aliphatic carbocycles. The first kappa shape index (κ1) is 14.5. The van der Waals surface area contributed by atoms with Crippen molar-refractivity contribution in [3.63, 3.8) is 0 Å². The second-order valence-electron chi connectivity index (χ2n) is 5.31. The van der Waals surface area contributed by atoms with Gasteiger partial charge in [-0.15, -0.1) is 0 Å². The maximum absolute atomic E-state index is 12.1. The summed E-state index contributed by atoms with van der Waals surface area (Å²) in [5.74, 6) is 0.760. The number of hydrogen-bond donors (Lipinski definition) is 1. The van der Waals surface area contributed by atoms with E-state index in [2.05, 4.69) is 41.1 Å². The molecule has 1 heterocycles. The maximum Gasteiger partial charge on any atom is 0.222 e. The van der Waals surface area contributed by atoms with Crippen LogP contribution < -0.4 is 5.73 Å². The molecule has 1 aromatic carbocycles. The molecule has 0 aromatic heterocycles. The van der Waals surface area contributed by atoms with Gasteiger partial charge in [0.05, 0.1) is 0 Å². The molecular formula is C15H21BrN2O. The number of halogens is 1. The van der Waals surface area contributed by atoms with Gasteiger partial charge in [0, 0.05) is 24.0 Å². The summed E-state index contributed by atoms with van der Waals surface area (Å²) in [7, 11) is 0. The Bertz CT molecular complexity index is 461. The largest absolute Gasteiger partial charge is 0.342 e. The lowest BCUT2D eigenvalue weighted by atomic mass is 10.1. The lowest BCUT2D eigenvalue weighted by molar-refractivity contribution is -0.130. The Morgan fingerprint density at radius 2 is 2.32 bits per heavy atom. The van der Waals surface area contributed by atoms with Crippen LogP contribution in [-0.4, -0.2) is 30.4 Å². The van der Waals surface area contributed by atoms with Gasteiger partial charge in [-0.05, 0) is 49.4 Å². The molecule has 3 nitrogen and oxygen atoms in total. The minimum absolute atomic E-state index is 0.261. The van der Waals surface area contributed by atoms with Crippen molar-refractivity contribution in [2.45, 2.75) is 26.2 Å². The lowest BCUT2D eigenvalue weighted by Crippen LogP contribution is -2.30. The summed E-state index contributed by atoms with van der Waals surface area (Å²) in [5, 5.41) is 0. The molecule has 0 spiro atoms. The Morgan fingerprint density at radius 3 is 2.95 bits per heavy atom. The molecule has 0 unspecified atom stereocenters. The van der Waals surface area contributed by atoms with Gasteiger partial charge in [-0.2, -0.15) is 0 Å². The van der Waals surface area contributed by atoms with Crippen LogP contribution in [0.15, 0.2) is 22.7 Å². The number of nitrogens with zero attached hydrogens (tertiary/aromatic N) is 1. The predicted molar refractivity (Wildman–Crippen MR) is 80.9 cm³/mol. The van der Waals surface area contributed by atoms with E-state index in [1.807, 2.05) is 4.90 Å². The van der Waals surface area contributed by atoms with E-state index in [1.54, 1.807) is 0 Å². The normalized spacial score (nSPS) is 18.9. The zero-order chi connectivity index (χ0) is 13.8. The van der Waals surface area contributed by atoms with Gasteiger partial charge in [0.15, 0.2) is 0 Å². The fourth-order valence-electron chi connectivity index (χ4n) is 2.52. The quantitative estimate of drug-likeness (QED) is 0.924. The Kier molecular flexibility index (Phi) is 4.99. The number of benzene rings is 1. The molecular weight excluding hydrogens is 304 g/mol. The molecule has 0 radical (unpaired) electrons. The summed E-state index contributed by atoms with van der Waals surface area (Å²) in [6, 6.07) is 6.27. The monoisotopic (exact) mass is 324 g/mol. The second kappa shape index (κ2) is 6.53. The highest BCUT2D eigenvalue weighted by Crippen LogP contribution is 2.19. The number of hydrogen-bond acceptors (Lipinski definition) is 2. The first-order valence-electron chi connectivity index (χ1n) is 6.83. The van der Waals surface area contributed by atoms with E-state index < -0.39 is 0 Å². The number of amides is 1. The summed E-state index contributed by atoms with van der Waals surface area (Å²) in [4.78, 5) is 14.1. The number of nitrogens with two attached hydrogens (primary N) is 1. The van der Waals surface area contributed by atoms with E-state index >= 15 is 0 Å². The summed E-state index contributed by atoms with van der Waals surface area (Å²) < 4.78 is 1.12. The van der Waals surface area contributed by atoms with Crippen LogP contribution >= 0.6 is 15.9 Å². The fraction of sp³-hybridized carbons (Fsp3) is 0.533. The van der Waals surface area contributed by atoms with Crippen LogP contribution in [0.25, 0.3) is 0 Å². The molecule has 1 aromatic rings. The van der Waals surface area contributed by atoms with Crippen LogP contribution in [0.3, 0.4) is 0 Å². The molecule has 1 aliphatic heterocycles. The van der Waals surface area contributed by atoms with Crippen molar-refractivity contribution in [2.75, 3.05) is 19.6 Å². The van der Waals surface area contributed by atoms with Crippen molar-refractivity contribution >= 4 is 21.8 Å². The molecule has 1 amide bonds. The minimum atomic E-state index is 0.261. The van der Waals surface area contributed by atoms with Gasteiger partial charge < -0.3 is 10.6 Å². The van der Waals surface area contributed by atoms with Crippen molar-refractivity contribution in [3.8, 4) is 0 Å². The van der Waals surface area contributed by atoms with Crippen molar-refractivity contribution in [3.05, 3.63) is 33.8 Å². The second-order valence-corrected chi connectivity index (χ2v) is 6.17. The van der Waals surface area contributed by atoms with Gasteiger partial charge in [-0.3, -0.25) is 4.79 Å². The third kappa shape index (κ3) is 3.80. The molecule has 104 valence electrons. The fourth-order valence-corrected chi connectivity index (χ4v) is 2.77. The Balaban J connectivity index is 1.85. The number of carbonyl (C=O) groups excluding carboxylic acids is 1. The van der Waals surface area contributed by atoms with Crippen LogP contribution in [0.2, 0.25) is 0 Å². The van der Waals surface area contributed by atoms with Crippen LogP contribution in [0.1, 0.15) is 24.0 Å². The average Bonchev–Trinajstić information content (AvgIpc) is 2.88. The van der Waals surface area contributed by atoms with Crippen LogP contribution in [0, 0.1) is 12.8 Å². The molecule has 1 aliphatic rings. The first-order chi connectivity index (χ1) is 9.10. The summed E-state index contributed by atoms with van der Waals surface area (Å²) in [6.07, 6.45) is 2.47. The van der Waals surface area contributed by atoms with E-state index in [9.17, 15) is 4.79 Å². The molecule has 0 saturated carbocycles. The highest BCUT2D eigenvalue weighted by Gasteiger charge is 2.24. The van der Waals surface area contributed by atoms with E-state index in [0.717, 1.165) is 30.4 Å². The Morgan fingerprint density at radius 1 is 1.53 bits per heavy atom. The number of likely N-dealkylation sites (tertiary alicyclic amines) is 1. The van der Waals surface area contributed by atoms with Crippen LogP contribution in [0.5, 0.6) is 0 Å². The van der Waals surface area contributed by atoms with Crippen molar-refractivity contribution in [2.24, 2.45) is 11.7 Å². The summed E-state index contributed by atoms with van der Waals surface area (Å²) in [6.45, 7) is 4.48. The molecule has 4 heteroatoms. The Labute approximate surface area is 123 Å². The van der Waals surface area contributed by atoms with Crippen molar-refractivity contribution < 1.29 is 4.79 Å². The predicted octanol–water partition coefficient (Wildman–Crippen LogP) is 2.50. The third-order valence-electron chi connectivity index (χ3n) is 3.82. The average molecular weight is 325 g/mol. The van der Waals surface area contributed by atoms with Crippen LogP contribution in [0.4, 0.5) is 0 Å². The minimum Gasteiger partial charge on any atom is -0.342 e.